The van der Waals surface area contributed by atoms with Crippen LogP contribution in [0.3, 0.4) is 0 Å². The summed E-state index contributed by atoms with van der Waals surface area (Å²) in [7, 11) is -3.62. The molecule has 1 aliphatic rings. The first-order chi connectivity index (χ1) is 8.90. The summed E-state index contributed by atoms with van der Waals surface area (Å²) < 4.78 is 32.1. The van der Waals surface area contributed by atoms with Crippen LogP contribution in [0, 0.1) is 11.8 Å². The predicted molar refractivity (Wildman–Crippen MR) is 70.9 cm³/mol. The monoisotopic (exact) mass is 287 g/mol. The maximum Gasteiger partial charge on any atom is 0.274 e. The summed E-state index contributed by atoms with van der Waals surface area (Å²) >= 11 is 0. The van der Waals surface area contributed by atoms with Crippen LogP contribution < -0.4 is 4.72 Å². The number of hydrogen-bond donors (Lipinski definition) is 2. The number of hydrogen-bond acceptors (Lipinski definition) is 4. The molecule has 2 atom stereocenters. The molecule has 0 bridgehead atoms. The van der Waals surface area contributed by atoms with Crippen molar-refractivity contribution < 1.29 is 17.9 Å². The third kappa shape index (κ3) is 3.58. The van der Waals surface area contributed by atoms with Gasteiger partial charge in [0.1, 0.15) is 12.4 Å². The van der Waals surface area contributed by atoms with Gasteiger partial charge in [0.2, 0.25) is 5.09 Å². The van der Waals surface area contributed by atoms with E-state index in [9.17, 15) is 8.42 Å². The van der Waals surface area contributed by atoms with Gasteiger partial charge in [-0.2, -0.15) is 0 Å². The fraction of sp³-hybridized carbons (Fsp3) is 0.692. The zero-order chi connectivity index (χ0) is 14.0. The Morgan fingerprint density at radius 2 is 1.89 bits per heavy atom. The number of furan rings is 1. The molecule has 2 unspecified atom stereocenters. The van der Waals surface area contributed by atoms with Gasteiger partial charge in [-0.25, -0.2) is 13.1 Å². The molecule has 0 radical (unpaired) electrons. The highest BCUT2D eigenvalue weighted by atomic mass is 32.2. The quantitative estimate of drug-likeness (QED) is 0.886. The summed E-state index contributed by atoms with van der Waals surface area (Å²) in [6, 6.07) is 2.82. The lowest BCUT2D eigenvalue weighted by Crippen LogP contribution is -2.39. The molecule has 1 aromatic heterocycles. The van der Waals surface area contributed by atoms with E-state index in [1.807, 2.05) is 0 Å². The van der Waals surface area contributed by atoms with E-state index in [0.29, 0.717) is 11.8 Å². The Balaban J connectivity index is 2.08. The molecule has 0 amide bonds. The number of sulfonamides is 1. The smallest absolute Gasteiger partial charge is 0.274 e. The van der Waals surface area contributed by atoms with Gasteiger partial charge in [-0.1, -0.05) is 13.8 Å². The summed E-state index contributed by atoms with van der Waals surface area (Å²) in [5, 5.41) is 8.78. The zero-order valence-corrected chi connectivity index (χ0v) is 12.1. The topological polar surface area (TPSA) is 79.5 Å². The van der Waals surface area contributed by atoms with Gasteiger partial charge in [0.05, 0.1) is 0 Å². The summed E-state index contributed by atoms with van der Waals surface area (Å²) in [5.41, 5.74) is 0. The Morgan fingerprint density at radius 3 is 2.42 bits per heavy atom. The molecule has 1 aromatic rings. The molecule has 2 rings (SSSR count). The van der Waals surface area contributed by atoms with Crippen LogP contribution in [0.2, 0.25) is 0 Å². The van der Waals surface area contributed by atoms with Crippen molar-refractivity contribution in [2.24, 2.45) is 11.8 Å². The molecule has 1 saturated carbocycles. The highest BCUT2D eigenvalue weighted by Crippen LogP contribution is 2.29. The van der Waals surface area contributed by atoms with Gasteiger partial charge in [0, 0.05) is 6.04 Å². The summed E-state index contributed by atoms with van der Waals surface area (Å²) in [4.78, 5) is 0. The molecule has 108 valence electrons. The van der Waals surface area contributed by atoms with Crippen LogP contribution in [-0.2, 0) is 16.6 Å². The molecule has 1 heterocycles. The highest BCUT2D eigenvalue weighted by Gasteiger charge is 2.29. The van der Waals surface area contributed by atoms with Crippen molar-refractivity contribution in [3.05, 3.63) is 17.9 Å². The first-order valence-corrected chi connectivity index (χ1v) is 8.11. The van der Waals surface area contributed by atoms with Crippen LogP contribution >= 0.6 is 0 Å². The Labute approximate surface area is 114 Å². The van der Waals surface area contributed by atoms with E-state index in [1.165, 1.54) is 12.1 Å². The van der Waals surface area contributed by atoms with Gasteiger partial charge >= 0.3 is 0 Å². The normalized spacial score (nSPS) is 28.5. The van der Waals surface area contributed by atoms with Gasteiger partial charge in [0.15, 0.2) is 0 Å². The number of rotatable bonds is 4. The van der Waals surface area contributed by atoms with Gasteiger partial charge in [-0.15, -0.1) is 0 Å². The van der Waals surface area contributed by atoms with Gasteiger partial charge in [0.25, 0.3) is 10.0 Å². The lowest BCUT2D eigenvalue weighted by Gasteiger charge is -2.31. The average Bonchev–Trinajstić information content (AvgIpc) is 2.75. The standard InChI is InChI=1S/C13H21NO4S/c1-9-5-10(2)7-11(6-9)14-19(16,17)13-4-3-12(8-15)18-13/h3-4,9-11,14-15H,5-8H2,1-2H3. The Hall–Kier alpha value is -0.850. The second-order valence-corrected chi connectivity index (χ2v) is 7.26. The van der Waals surface area contributed by atoms with E-state index in [0.717, 1.165) is 19.3 Å². The molecule has 2 N–H and O–H groups in total. The second kappa shape index (κ2) is 5.64. The molecule has 0 saturated heterocycles. The highest BCUT2D eigenvalue weighted by molar-refractivity contribution is 7.89. The molecular weight excluding hydrogens is 266 g/mol. The third-order valence-corrected chi connectivity index (χ3v) is 4.95. The Morgan fingerprint density at radius 1 is 1.26 bits per heavy atom. The second-order valence-electron chi connectivity index (χ2n) is 5.61. The average molecular weight is 287 g/mol. The van der Waals surface area contributed by atoms with Crippen LogP contribution in [0.4, 0.5) is 0 Å². The van der Waals surface area contributed by atoms with Crippen LogP contribution in [-0.4, -0.2) is 19.6 Å². The van der Waals surface area contributed by atoms with Crippen molar-refractivity contribution in [3.63, 3.8) is 0 Å². The lowest BCUT2D eigenvalue weighted by atomic mass is 9.81. The van der Waals surface area contributed by atoms with Crippen molar-refractivity contribution in [2.45, 2.75) is 50.9 Å². The molecule has 5 nitrogen and oxygen atoms in total. The van der Waals surface area contributed by atoms with Gasteiger partial charge in [-0.3, -0.25) is 0 Å². The van der Waals surface area contributed by atoms with Crippen LogP contribution in [0.5, 0.6) is 0 Å². The van der Waals surface area contributed by atoms with Crippen LogP contribution in [0.15, 0.2) is 21.6 Å². The van der Waals surface area contributed by atoms with E-state index in [1.54, 1.807) is 0 Å². The lowest BCUT2D eigenvalue weighted by molar-refractivity contribution is 0.235. The minimum absolute atomic E-state index is 0.0357. The van der Waals surface area contributed by atoms with Crippen molar-refractivity contribution in [1.29, 1.82) is 0 Å². The minimum Gasteiger partial charge on any atom is -0.446 e. The van der Waals surface area contributed by atoms with E-state index in [4.69, 9.17) is 9.52 Å². The third-order valence-electron chi connectivity index (χ3n) is 3.56. The minimum atomic E-state index is -3.62. The molecule has 0 aliphatic heterocycles. The first-order valence-electron chi connectivity index (χ1n) is 6.62. The molecule has 1 fully saturated rings. The molecule has 0 aromatic carbocycles. The van der Waals surface area contributed by atoms with Crippen molar-refractivity contribution in [3.8, 4) is 0 Å². The number of aliphatic hydroxyl groups is 1. The summed E-state index contributed by atoms with van der Waals surface area (Å²) in [6.07, 6.45) is 2.86. The van der Waals surface area contributed by atoms with Crippen molar-refractivity contribution in [1.82, 2.24) is 4.72 Å². The van der Waals surface area contributed by atoms with Gasteiger partial charge in [-0.05, 0) is 43.2 Å². The Kier molecular flexibility index (Phi) is 4.32. The van der Waals surface area contributed by atoms with Crippen LogP contribution in [0.25, 0.3) is 0 Å². The van der Waals surface area contributed by atoms with Crippen molar-refractivity contribution >= 4 is 10.0 Å². The van der Waals surface area contributed by atoms with E-state index in [2.05, 4.69) is 18.6 Å². The SMILES string of the molecule is CC1CC(C)CC(NS(=O)(=O)c2ccc(CO)o2)C1. The van der Waals surface area contributed by atoms with E-state index in [-0.39, 0.29) is 23.5 Å². The van der Waals surface area contributed by atoms with Crippen molar-refractivity contribution in [2.75, 3.05) is 0 Å². The van der Waals surface area contributed by atoms with Crippen LogP contribution in [0.1, 0.15) is 38.9 Å². The molecular formula is C13H21NO4S. The zero-order valence-electron chi connectivity index (χ0n) is 11.3. The van der Waals surface area contributed by atoms with E-state index >= 15 is 0 Å². The summed E-state index contributed by atoms with van der Waals surface area (Å²) in [5.74, 6) is 1.31. The van der Waals surface area contributed by atoms with E-state index < -0.39 is 10.0 Å². The molecule has 19 heavy (non-hydrogen) atoms. The number of aliphatic hydroxyl groups excluding tert-OH is 1. The molecule has 0 spiro atoms. The molecule has 6 heteroatoms. The molecule has 1 aliphatic carbocycles. The first kappa shape index (κ1) is 14.6. The maximum atomic E-state index is 12.2. The van der Waals surface area contributed by atoms with Gasteiger partial charge < -0.3 is 9.52 Å². The Bertz CT molecular complexity index is 513. The fourth-order valence-electron chi connectivity index (χ4n) is 2.91. The summed E-state index contributed by atoms with van der Waals surface area (Å²) in [6.45, 7) is 3.99. The number of nitrogens with one attached hydrogen (secondary N) is 1. The maximum absolute atomic E-state index is 12.2. The predicted octanol–water partition coefficient (Wildman–Crippen LogP) is 1.87. The fourth-order valence-corrected chi connectivity index (χ4v) is 4.12. The largest absolute Gasteiger partial charge is 0.446 e.